The van der Waals surface area contributed by atoms with E-state index in [4.69, 9.17) is 4.74 Å². The second-order valence-electron chi connectivity index (χ2n) is 13.0. The Labute approximate surface area is 249 Å². The van der Waals surface area contributed by atoms with Crippen molar-refractivity contribution in [3.8, 4) is 34.1 Å². The second-order valence-corrected chi connectivity index (χ2v) is 13.0. The SMILES string of the molecule is CC(C)(C)c1ccc(-n2c3[n+]4c5c(cccc52)Oc2cc5ccccc5c(c2-4)C32c3ccccc3-c3cccc[n+]32)cc1. The Hall–Kier alpha value is -5.22. The van der Waals surface area contributed by atoms with Gasteiger partial charge in [0.1, 0.15) is 5.69 Å². The number of benzene rings is 5. The molecule has 0 aliphatic carbocycles. The van der Waals surface area contributed by atoms with Crippen molar-refractivity contribution in [1.82, 2.24) is 4.57 Å². The van der Waals surface area contributed by atoms with E-state index in [0.717, 1.165) is 33.9 Å². The minimum Gasteiger partial charge on any atom is -0.448 e. The van der Waals surface area contributed by atoms with Gasteiger partial charge in [0.05, 0.1) is 16.7 Å². The summed E-state index contributed by atoms with van der Waals surface area (Å²) in [6.45, 7) is 6.82. The summed E-state index contributed by atoms with van der Waals surface area (Å²) in [5, 5.41) is 2.43. The summed E-state index contributed by atoms with van der Waals surface area (Å²) in [6, 6.07) is 42.2. The Balaban J connectivity index is 1.47. The monoisotopic (exact) mass is 555 g/mol. The van der Waals surface area contributed by atoms with Crippen LogP contribution < -0.4 is 13.9 Å². The van der Waals surface area contributed by atoms with Crippen LogP contribution in [0.15, 0.2) is 121 Å². The first-order valence-corrected chi connectivity index (χ1v) is 15.0. The van der Waals surface area contributed by atoms with Gasteiger partial charge in [0.15, 0.2) is 28.9 Å². The fraction of sp³-hybridized carbons (Fsp3) is 0.128. The first kappa shape index (κ1) is 23.4. The topological polar surface area (TPSA) is 21.9 Å². The molecular weight excluding hydrogens is 526 g/mol. The predicted molar refractivity (Wildman–Crippen MR) is 168 cm³/mol. The number of imidazole rings is 1. The quantitative estimate of drug-likeness (QED) is 0.189. The van der Waals surface area contributed by atoms with Crippen LogP contribution in [0.5, 0.6) is 11.5 Å². The molecule has 0 fully saturated rings. The number of nitrogens with zero attached hydrogens (tertiary/aromatic N) is 3. The van der Waals surface area contributed by atoms with Crippen molar-refractivity contribution in [3.05, 3.63) is 144 Å². The number of pyridine rings is 1. The number of ether oxygens (including phenoxy) is 1. The molecular formula is C39H29N3O+2. The normalized spacial score (nSPS) is 17.0. The Morgan fingerprint density at radius 3 is 2.40 bits per heavy atom. The number of hydrogen-bond donors (Lipinski definition) is 0. The van der Waals surface area contributed by atoms with E-state index in [-0.39, 0.29) is 5.41 Å². The van der Waals surface area contributed by atoms with Gasteiger partial charge >= 0.3 is 11.4 Å². The molecule has 1 unspecified atom stereocenters. The average molecular weight is 556 g/mol. The van der Waals surface area contributed by atoms with Crippen molar-refractivity contribution in [2.75, 3.05) is 0 Å². The Bertz CT molecular complexity index is 2310. The molecule has 0 bridgehead atoms. The standard InChI is InChI=1S/C39H29N3O/c1-38(2,3)25-18-20-26(21-19-25)41-31-16-10-17-32-35(31)42-36-33(43-32)23-24-11-4-5-12-27(24)34(36)39(37(41)42)29-14-7-6-13-28(29)30-15-8-9-22-40(30)39/h4-23H,1-3H3/q+2. The molecule has 5 aromatic carbocycles. The molecule has 1 atom stereocenters. The maximum Gasteiger partial charge on any atom is 0.352 e. The van der Waals surface area contributed by atoms with Crippen molar-refractivity contribution in [2.24, 2.45) is 0 Å². The van der Waals surface area contributed by atoms with Gasteiger partial charge in [0, 0.05) is 12.1 Å². The molecule has 3 aliphatic heterocycles. The fourth-order valence-corrected chi connectivity index (χ4v) is 8.03. The van der Waals surface area contributed by atoms with Gasteiger partial charge in [-0.1, -0.05) is 81.4 Å². The summed E-state index contributed by atoms with van der Waals surface area (Å²) < 4.78 is 14.3. The lowest BCUT2D eigenvalue weighted by Crippen LogP contribution is -2.57. The van der Waals surface area contributed by atoms with Gasteiger partial charge in [0.2, 0.25) is 11.2 Å². The highest BCUT2D eigenvalue weighted by Crippen LogP contribution is 2.56. The lowest BCUT2D eigenvalue weighted by Gasteiger charge is -2.22. The van der Waals surface area contributed by atoms with E-state index < -0.39 is 5.54 Å². The highest BCUT2D eigenvalue weighted by atomic mass is 16.5. The molecule has 3 aliphatic rings. The molecule has 4 heteroatoms. The van der Waals surface area contributed by atoms with Gasteiger partial charge in [-0.2, -0.15) is 13.7 Å². The molecule has 0 saturated heterocycles. The molecule has 4 nitrogen and oxygen atoms in total. The summed E-state index contributed by atoms with van der Waals surface area (Å²) in [5.41, 5.74) is 10.3. The van der Waals surface area contributed by atoms with Crippen LogP contribution in [0.2, 0.25) is 0 Å². The molecule has 0 N–H and O–H groups in total. The van der Waals surface area contributed by atoms with E-state index in [2.05, 4.69) is 156 Å². The van der Waals surface area contributed by atoms with Crippen LogP contribution in [0.4, 0.5) is 0 Å². The van der Waals surface area contributed by atoms with Gasteiger partial charge in [-0.05, 0) is 64.2 Å². The van der Waals surface area contributed by atoms with Gasteiger partial charge in [-0.15, -0.1) is 0 Å². The smallest absolute Gasteiger partial charge is 0.352 e. The van der Waals surface area contributed by atoms with Crippen LogP contribution in [-0.4, -0.2) is 4.57 Å². The van der Waals surface area contributed by atoms with E-state index >= 15 is 0 Å². The minimum atomic E-state index is -0.620. The highest BCUT2D eigenvalue weighted by Gasteiger charge is 2.69. The first-order valence-electron chi connectivity index (χ1n) is 15.0. The maximum atomic E-state index is 6.82. The maximum absolute atomic E-state index is 6.82. The molecule has 43 heavy (non-hydrogen) atoms. The summed E-state index contributed by atoms with van der Waals surface area (Å²) in [6.07, 6.45) is 2.26. The van der Waals surface area contributed by atoms with Crippen LogP contribution in [0.25, 0.3) is 44.4 Å². The zero-order valence-corrected chi connectivity index (χ0v) is 24.3. The molecule has 2 aromatic heterocycles. The number of para-hydroxylation sites is 1. The molecule has 0 saturated carbocycles. The number of rotatable bonds is 1. The molecule has 7 aromatic rings. The lowest BCUT2D eigenvalue weighted by atomic mass is 9.80. The van der Waals surface area contributed by atoms with E-state index in [1.165, 1.54) is 44.5 Å². The lowest BCUT2D eigenvalue weighted by molar-refractivity contribution is -0.733. The van der Waals surface area contributed by atoms with Gasteiger partial charge in [-0.25, -0.2) is 0 Å². The second kappa shape index (κ2) is 7.59. The molecule has 5 heterocycles. The zero-order chi connectivity index (χ0) is 28.7. The van der Waals surface area contributed by atoms with Crippen molar-refractivity contribution in [3.63, 3.8) is 0 Å². The Morgan fingerprint density at radius 1 is 0.744 bits per heavy atom. The third-order valence-corrected chi connectivity index (χ3v) is 9.79. The largest absolute Gasteiger partial charge is 0.448 e. The first-order chi connectivity index (χ1) is 21.0. The van der Waals surface area contributed by atoms with E-state index in [1.807, 2.05) is 0 Å². The Morgan fingerprint density at radius 2 is 1.53 bits per heavy atom. The van der Waals surface area contributed by atoms with Crippen LogP contribution in [-0.2, 0) is 11.0 Å². The molecule has 0 radical (unpaired) electrons. The molecule has 1 spiro atoms. The van der Waals surface area contributed by atoms with E-state index in [1.54, 1.807) is 0 Å². The van der Waals surface area contributed by atoms with Crippen LogP contribution in [0, 0.1) is 0 Å². The molecule has 204 valence electrons. The fourth-order valence-electron chi connectivity index (χ4n) is 8.03. The Kier molecular flexibility index (Phi) is 4.12. The molecule has 0 amide bonds. The van der Waals surface area contributed by atoms with Gasteiger partial charge in [-0.3, -0.25) is 0 Å². The van der Waals surface area contributed by atoms with Crippen molar-refractivity contribution >= 4 is 21.8 Å². The summed E-state index contributed by atoms with van der Waals surface area (Å²) in [4.78, 5) is 0. The van der Waals surface area contributed by atoms with Gasteiger partial charge in [0.25, 0.3) is 0 Å². The van der Waals surface area contributed by atoms with E-state index in [9.17, 15) is 0 Å². The average Bonchev–Trinajstić information content (AvgIpc) is 3.64. The number of hydrogen-bond acceptors (Lipinski definition) is 1. The summed E-state index contributed by atoms with van der Waals surface area (Å²) >= 11 is 0. The van der Waals surface area contributed by atoms with Crippen LogP contribution in [0.1, 0.15) is 43.3 Å². The molecule has 10 rings (SSSR count). The third kappa shape index (κ3) is 2.64. The minimum absolute atomic E-state index is 0.0718. The van der Waals surface area contributed by atoms with Crippen molar-refractivity contribution < 1.29 is 13.9 Å². The number of fused-ring (bicyclic) bond motifs is 9. The third-order valence-electron chi connectivity index (χ3n) is 9.79. The number of aromatic nitrogens is 3. The summed E-state index contributed by atoms with van der Waals surface area (Å²) in [5.74, 6) is 3.00. The zero-order valence-electron chi connectivity index (χ0n) is 24.3. The van der Waals surface area contributed by atoms with Crippen molar-refractivity contribution in [2.45, 2.75) is 31.7 Å². The van der Waals surface area contributed by atoms with Crippen LogP contribution in [0.3, 0.4) is 0 Å². The van der Waals surface area contributed by atoms with Gasteiger partial charge < -0.3 is 4.74 Å². The highest BCUT2D eigenvalue weighted by molar-refractivity contribution is 5.96. The van der Waals surface area contributed by atoms with Crippen molar-refractivity contribution in [1.29, 1.82) is 0 Å². The van der Waals surface area contributed by atoms with Crippen LogP contribution >= 0.6 is 0 Å². The predicted octanol–water partition coefficient (Wildman–Crippen LogP) is 7.89. The van der Waals surface area contributed by atoms with E-state index in [0.29, 0.717) is 0 Å². The summed E-state index contributed by atoms with van der Waals surface area (Å²) in [7, 11) is 0.